The number of nitrogens with zero attached hydrogens (tertiary/aromatic N) is 3. The van der Waals surface area contributed by atoms with E-state index in [-0.39, 0.29) is 22.9 Å². The van der Waals surface area contributed by atoms with Crippen molar-refractivity contribution < 1.29 is 9.59 Å². The predicted molar refractivity (Wildman–Crippen MR) is 127 cm³/mol. The van der Waals surface area contributed by atoms with Crippen LogP contribution < -0.4 is 10.9 Å². The number of benzene rings is 2. The molecule has 2 aromatic carbocycles. The highest BCUT2D eigenvalue weighted by atomic mass is 16.2. The number of pyridine rings is 1. The van der Waals surface area contributed by atoms with Gasteiger partial charge in [-0.15, -0.1) is 0 Å². The molecule has 4 rings (SSSR count). The van der Waals surface area contributed by atoms with Crippen LogP contribution in [-0.4, -0.2) is 58.9 Å². The van der Waals surface area contributed by atoms with Crippen molar-refractivity contribution in [2.24, 2.45) is 0 Å². The Hall–Kier alpha value is -3.71. The Balaban J connectivity index is 1.30. The van der Waals surface area contributed by atoms with Gasteiger partial charge in [0.2, 0.25) is 5.91 Å². The van der Waals surface area contributed by atoms with Crippen LogP contribution >= 0.6 is 0 Å². The molecule has 1 aliphatic rings. The van der Waals surface area contributed by atoms with Gasteiger partial charge in [-0.3, -0.25) is 19.3 Å². The maximum Gasteiger partial charge on any atom is 0.263 e. The Bertz CT molecular complexity index is 1140. The van der Waals surface area contributed by atoms with Crippen molar-refractivity contribution >= 4 is 11.8 Å². The van der Waals surface area contributed by atoms with Crippen LogP contribution in [0, 0.1) is 0 Å². The molecule has 0 radical (unpaired) electrons. The summed E-state index contributed by atoms with van der Waals surface area (Å²) in [5, 5.41) is 2.93. The van der Waals surface area contributed by atoms with Crippen LogP contribution in [0.15, 0.2) is 83.8 Å². The molecule has 33 heavy (non-hydrogen) atoms. The summed E-state index contributed by atoms with van der Waals surface area (Å²) >= 11 is 0. The van der Waals surface area contributed by atoms with E-state index in [9.17, 15) is 14.4 Å². The topological polar surface area (TPSA) is 74.7 Å². The fourth-order valence-corrected chi connectivity index (χ4v) is 3.94. The number of carbonyl (C=O) groups excluding carboxylic acids is 2. The summed E-state index contributed by atoms with van der Waals surface area (Å²) < 4.78 is 1.57. The molecule has 1 aromatic heterocycles. The largest absolute Gasteiger partial charge is 0.351 e. The minimum atomic E-state index is -0.283. The first-order valence-corrected chi connectivity index (χ1v) is 11.2. The molecule has 7 heteroatoms. The second-order valence-corrected chi connectivity index (χ2v) is 8.17. The Morgan fingerprint density at radius 1 is 0.788 bits per heavy atom. The maximum atomic E-state index is 13.0. The summed E-state index contributed by atoms with van der Waals surface area (Å²) in [5.41, 5.74) is 1.96. The number of rotatable bonds is 7. The molecule has 170 valence electrons. The Morgan fingerprint density at radius 3 is 2.09 bits per heavy atom. The second kappa shape index (κ2) is 10.7. The van der Waals surface area contributed by atoms with E-state index in [1.54, 1.807) is 27.8 Å². The summed E-state index contributed by atoms with van der Waals surface area (Å²) in [6.45, 7) is 3.37. The molecule has 7 nitrogen and oxygen atoms in total. The van der Waals surface area contributed by atoms with Crippen LogP contribution in [0.25, 0.3) is 0 Å². The van der Waals surface area contributed by atoms with E-state index in [1.165, 1.54) is 0 Å². The zero-order chi connectivity index (χ0) is 23.0. The molecule has 2 heterocycles. The van der Waals surface area contributed by atoms with Crippen LogP contribution in [0.2, 0.25) is 0 Å². The van der Waals surface area contributed by atoms with E-state index < -0.39 is 0 Å². The third kappa shape index (κ3) is 5.96. The zero-order valence-electron chi connectivity index (χ0n) is 18.5. The molecule has 0 spiro atoms. The summed E-state index contributed by atoms with van der Waals surface area (Å²) in [6, 6.07) is 22.8. The Kier molecular flexibility index (Phi) is 7.32. The lowest BCUT2D eigenvalue weighted by atomic mass is 10.2. The summed E-state index contributed by atoms with van der Waals surface area (Å²) in [5.74, 6) is -0.291. The molecule has 0 bridgehead atoms. The molecule has 1 fully saturated rings. The maximum absolute atomic E-state index is 13.0. The molecule has 1 saturated heterocycles. The van der Waals surface area contributed by atoms with Gasteiger partial charge in [0, 0.05) is 38.9 Å². The van der Waals surface area contributed by atoms with Gasteiger partial charge in [0.15, 0.2) is 0 Å². The van der Waals surface area contributed by atoms with Gasteiger partial charge in [-0.05, 0) is 23.3 Å². The Labute approximate surface area is 193 Å². The van der Waals surface area contributed by atoms with Crippen molar-refractivity contribution in [1.29, 1.82) is 0 Å². The van der Waals surface area contributed by atoms with Crippen molar-refractivity contribution in [3.8, 4) is 0 Å². The van der Waals surface area contributed by atoms with Gasteiger partial charge in [-0.25, -0.2) is 0 Å². The first kappa shape index (κ1) is 22.5. The minimum Gasteiger partial charge on any atom is -0.351 e. The first-order chi connectivity index (χ1) is 16.1. The highest BCUT2D eigenvalue weighted by Crippen LogP contribution is 2.08. The predicted octanol–water partition coefficient (Wildman–Crippen LogP) is 1.97. The molecule has 3 aromatic rings. The van der Waals surface area contributed by atoms with Crippen molar-refractivity contribution in [2.45, 2.75) is 13.1 Å². The number of piperazine rings is 1. The van der Waals surface area contributed by atoms with Gasteiger partial charge in [-0.2, -0.15) is 0 Å². The van der Waals surface area contributed by atoms with Crippen LogP contribution in [0.5, 0.6) is 0 Å². The third-order valence-electron chi connectivity index (χ3n) is 5.81. The second-order valence-electron chi connectivity index (χ2n) is 8.17. The molecule has 0 aliphatic carbocycles. The van der Waals surface area contributed by atoms with E-state index in [4.69, 9.17) is 0 Å². The molecular formula is C26H28N4O3. The molecular weight excluding hydrogens is 416 g/mol. The van der Waals surface area contributed by atoms with Gasteiger partial charge in [0.1, 0.15) is 5.56 Å². The highest BCUT2D eigenvalue weighted by molar-refractivity contribution is 5.94. The zero-order valence-corrected chi connectivity index (χ0v) is 18.5. The highest BCUT2D eigenvalue weighted by Gasteiger charge is 2.25. The lowest BCUT2D eigenvalue weighted by Gasteiger charge is -2.34. The lowest BCUT2D eigenvalue weighted by Crippen LogP contribution is -2.51. The van der Waals surface area contributed by atoms with E-state index in [1.807, 2.05) is 65.6 Å². The van der Waals surface area contributed by atoms with Crippen molar-refractivity contribution in [2.75, 3.05) is 32.7 Å². The van der Waals surface area contributed by atoms with Gasteiger partial charge < -0.3 is 14.8 Å². The number of amides is 2. The lowest BCUT2D eigenvalue weighted by molar-refractivity contribution is -0.122. The van der Waals surface area contributed by atoms with E-state index in [2.05, 4.69) is 5.32 Å². The number of hydrogen-bond acceptors (Lipinski definition) is 4. The van der Waals surface area contributed by atoms with E-state index in [0.29, 0.717) is 45.8 Å². The summed E-state index contributed by atoms with van der Waals surface area (Å²) in [7, 11) is 0. The number of aromatic nitrogens is 1. The normalized spacial score (nSPS) is 14.1. The first-order valence-electron chi connectivity index (χ1n) is 11.2. The van der Waals surface area contributed by atoms with Crippen LogP contribution in [0.1, 0.15) is 21.5 Å². The van der Waals surface area contributed by atoms with Crippen molar-refractivity contribution in [1.82, 2.24) is 19.7 Å². The van der Waals surface area contributed by atoms with Crippen LogP contribution in [0.3, 0.4) is 0 Å². The molecule has 1 N–H and O–H groups in total. The molecule has 1 aliphatic heterocycles. The number of carbonyl (C=O) groups is 2. The third-order valence-corrected chi connectivity index (χ3v) is 5.81. The standard InChI is InChI=1S/C26H28N4O3/c31-24(27-18-21-8-3-1-4-9-21)20-28-14-16-29(17-15-28)25(32)23-12-7-13-30(26(23)33)19-22-10-5-2-6-11-22/h1-13H,14-20H2,(H,27,31). The van der Waals surface area contributed by atoms with Crippen LogP contribution in [-0.2, 0) is 17.9 Å². The van der Waals surface area contributed by atoms with Crippen LogP contribution in [0.4, 0.5) is 0 Å². The van der Waals surface area contributed by atoms with E-state index >= 15 is 0 Å². The fourth-order valence-electron chi connectivity index (χ4n) is 3.94. The smallest absolute Gasteiger partial charge is 0.263 e. The number of hydrogen-bond donors (Lipinski definition) is 1. The van der Waals surface area contributed by atoms with Gasteiger partial charge in [0.05, 0.1) is 13.1 Å². The average molecular weight is 445 g/mol. The molecule has 0 atom stereocenters. The Morgan fingerprint density at radius 2 is 1.42 bits per heavy atom. The monoisotopic (exact) mass is 444 g/mol. The SMILES string of the molecule is O=C(CN1CCN(C(=O)c2cccn(Cc3ccccc3)c2=O)CC1)NCc1ccccc1. The molecule has 0 unspecified atom stereocenters. The van der Waals surface area contributed by atoms with Crippen molar-refractivity contribution in [3.05, 3.63) is 106 Å². The molecule has 2 amide bonds. The minimum absolute atomic E-state index is 0.0366. The van der Waals surface area contributed by atoms with Gasteiger partial charge in [-0.1, -0.05) is 60.7 Å². The fraction of sp³-hybridized carbons (Fsp3) is 0.269. The molecule has 0 saturated carbocycles. The number of nitrogens with one attached hydrogen (secondary N) is 1. The van der Waals surface area contributed by atoms with Crippen molar-refractivity contribution in [3.63, 3.8) is 0 Å². The van der Waals surface area contributed by atoms with Gasteiger partial charge in [0.25, 0.3) is 11.5 Å². The average Bonchev–Trinajstić information content (AvgIpc) is 2.85. The summed E-state index contributed by atoms with van der Waals surface area (Å²) in [4.78, 5) is 41.9. The van der Waals surface area contributed by atoms with E-state index in [0.717, 1.165) is 11.1 Å². The summed E-state index contributed by atoms with van der Waals surface area (Å²) in [6.07, 6.45) is 1.71. The van der Waals surface area contributed by atoms with Gasteiger partial charge >= 0.3 is 0 Å². The quantitative estimate of drug-likeness (QED) is 0.605.